The minimum absolute atomic E-state index is 0.173. The first-order valence-corrected chi connectivity index (χ1v) is 16.5. The average molecular weight is 692 g/mol. The van der Waals surface area contributed by atoms with Crippen LogP contribution in [0.5, 0.6) is 17.2 Å². The van der Waals surface area contributed by atoms with Gasteiger partial charge in [0.25, 0.3) is 0 Å². The standard InChI is InChI=1S/C37H40Cl2N4O5/c1-25(22-45)43-21-30-16-33(38)36(17-35(30)47-23-28-15-27(18-40)19-42-20-28)48-24-29-7-3-8-31(26(29)2)32-9-4-10-34(37(32)39)46-14-6-12-41-11-5-13-44/h3-4,7-10,15-17,19-20,22,25,41,43-44H,5-6,11-14,21,23-24H2,1-2H3. The van der Waals surface area contributed by atoms with Crippen LogP contribution in [-0.2, 0) is 24.6 Å². The Morgan fingerprint density at radius 1 is 0.938 bits per heavy atom. The van der Waals surface area contributed by atoms with Crippen molar-refractivity contribution in [3.63, 3.8) is 0 Å². The molecule has 0 saturated heterocycles. The highest BCUT2D eigenvalue weighted by Gasteiger charge is 2.16. The Bertz CT molecular complexity index is 1710. The van der Waals surface area contributed by atoms with Crippen LogP contribution in [0.4, 0.5) is 0 Å². The number of aldehydes is 1. The summed E-state index contributed by atoms with van der Waals surface area (Å²) in [4.78, 5) is 15.3. The number of aliphatic hydroxyl groups excluding tert-OH is 1. The number of rotatable bonds is 19. The zero-order chi connectivity index (χ0) is 34.3. The third-order valence-electron chi connectivity index (χ3n) is 7.60. The van der Waals surface area contributed by atoms with Gasteiger partial charge in [0.05, 0.1) is 28.3 Å². The number of nitriles is 1. The van der Waals surface area contributed by atoms with Crippen LogP contribution in [0.3, 0.4) is 0 Å². The Labute approximate surface area is 291 Å². The van der Waals surface area contributed by atoms with Crippen molar-refractivity contribution in [1.29, 1.82) is 5.26 Å². The molecule has 48 heavy (non-hydrogen) atoms. The molecule has 0 amide bonds. The lowest BCUT2D eigenvalue weighted by atomic mass is 9.96. The fraction of sp³-hybridized carbons (Fsp3) is 0.324. The molecule has 4 aromatic rings. The average Bonchev–Trinajstić information content (AvgIpc) is 3.10. The van der Waals surface area contributed by atoms with Crippen molar-refractivity contribution in [2.45, 2.75) is 52.5 Å². The molecule has 1 heterocycles. The molecule has 3 N–H and O–H groups in total. The van der Waals surface area contributed by atoms with Crippen molar-refractivity contribution in [3.05, 3.63) is 105 Å². The number of halogens is 2. The van der Waals surface area contributed by atoms with Gasteiger partial charge in [0.2, 0.25) is 0 Å². The zero-order valence-corrected chi connectivity index (χ0v) is 28.6. The molecular weight excluding hydrogens is 651 g/mol. The summed E-state index contributed by atoms with van der Waals surface area (Å²) in [5, 5.41) is 25.5. The summed E-state index contributed by atoms with van der Waals surface area (Å²) < 4.78 is 18.4. The molecule has 4 rings (SSSR count). The highest BCUT2D eigenvalue weighted by molar-refractivity contribution is 6.35. The number of benzene rings is 3. The number of aromatic nitrogens is 1. The van der Waals surface area contributed by atoms with Crippen LogP contribution < -0.4 is 24.8 Å². The lowest BCUT2D eigenvalue weighted by molar-refractivity contribution is -0.109. The van der Waals surface area contributed by atoms with Crippen LogP contribution in [0.25, 0.3) is 11.1 Å². The van der Waals surface area contributed by atoms with Crippen molar-refractivity contribution >= 4 is 29.5 Å². The number of pyridine rings is 1. The van der Waals surface area contributed by atoms with Gasteiger partial charge < -0.3 is 34.7 Å². The lowest BCUT2D eigenvalue weighted by Gasteiger charge is -2.18. The van der Waals surface area contributed by atoms with E-state index in [1.165, 1.54) is 6.20 Å². The van der Waals surface area contributed by atoms with Crippen molar-refractivity contribution in [2.24, 2.45) is 0 Å². The first-order valence-electron chi connectivity index (χ1n) is 15.8. The predicted octanol–water partition coefficient (Wildman–Crippen LogP) is 6.81. The van der Waals surface area contributed by atoms with Gasteiger partial charge in [-0.3, -0.25) is 4.98 Å². The van der Waals surface area contributed by atoms with E-state index in [1.807, 2.05) is 43.3 Å². The Morgan fingerprint density at radius 2 is 1.71 bits per heavy atom. The molecule has 1 unspecified atom stereocenters. The van der Waals surface area contributed by atoms with Crippen molar-refractivity contribution < 1.29 is 24.1 Å². The van der Waals surface area contributed by atoms with Crippen molar-refractivity contribution in [2.75, 3.05) is 26.3 Å². The predicted molar refractivity (Wildman–Crippen MR) is 188 cm³/mol. The number of carbonyl (C=O) groups is 1. The van der Waals surface area contributed by atoms with E-state index < -0.39 is 0 Å². The zero-order valence-electron chi connectivity index (χ0n) is 27.1. The second kappa shape index (κ2) is 19.0. The molecule has 1 aromatic heterocycles. The minimum atomic E-state index is -0.356. The first kappa shape index (κ1) is 36.7. The summed E-state index contributed by atoms with van der Waals surface area (Å²) in [5.74, 6) is 1.58. The second-order valence-electron chi connectivity index (χ2n) is 11.2. The number of hydrogen-bond acceptors (Lipinski definition) is 9. The number of nitrogens with one attached hydrogen (secondary N) is 2. The fourth-order valence-electron chi connectivity index (χ4n) is 4.89. The van der Waals surface area contributed by atoms with Crippen LogP contribution >= 0.6 is 23.2 Å². The summed E-state index contributed by atoms with van der Waals surface area (Å²) in [6, 6.07) is 18.7. The van der Waals surface area contributed by atoms with Crippen LogP contribution in [0.15, 0.2) is 67.0 Å². The topological polar surface area (TPSA) is 126 Å². The molecule has 1 atom stereocenters. The van der Waals surface area contributed by atoms with E-state index in [0.717, 1.165) is 65.6 Å². The number of aliphatic hydroxyl groups is 1. The minimum Gasteiger partial charge on any atom is -0.492 e. The summed E-state index contributed by atoms with van der Waals surface area (Å²) in [6.07, 6.45) is 5.50. The molecule has 0 bridgehead atoms. The van der Waals surface area contributed by atoms with E-state index in [0.29, 0.717) is 46.0 Å². The maximum absolute atomic E-state index is 11.2. The van der Waals surface area contributed by atoms with Gasteiger partial charge in [-0.05, 0) is 74.7 Å². The summed E-state index contributed by atoms with van der Waals surface area (Å²) in [7, 11) is 0. The SMILES string of the molecule is Cc1c(COc2cc(OCc3cncc(C#N)c3)c(CNC(C)C=O)cc2Cl)cccc1-c1cccc(OCCCNCCCO)c1Cl. The molecule has 0 aliphatic carbocycles. The van der Waals surface area contributed by atoms with Crippen molar-refractivity contribution in [3.8, 4) is 34.4 Å². The molecule has 252 valence electrons. The lowest BCUT2D eigenvalue weighted by Crippen LogP contribution is -2.26. The number of hydrogen-bond donors (Lipinski definition) is 3. The number of nitrogens with zero attached hydrogens (tertiary/aromatic N) is 2. The van der Waals surface area contributed by atoms with E-state index in [-0.39, 0.29) is 25.9 Å². The van der Waals surface area contributed by atoms with Gasteiger partial charge in [-0.15, -0.1) is 0 Å². The maximum Gasteiger partial charge on any atom is 0.142 e. The molecule has 0 saturated carbocycles. The van der Waals surface area contributed by atoms with Crippen LogP contribution in [0.2, 0.25) is 10.0 Å². The van der Waals surface area contributed by atoms with E-state index in [2.05, 4.69) is 21.7 Å². The Kier molecular flexibility index (Phi) is 14.5. The molecule has 0 spiro atoms. The van der Waals surface area contributed by atoms with E-state index >= 15 is 0 Å². The highest BCUT2D eigenvalue weighted by atomic mass is 35.5. The molecular formula is C37H40Cl2N4O5. The quantitative estimate of drug-likeness (QED) is 0.0718. The molecule has 0 radical (unpaired) electrons. The first-order chi connectivity index (χ1) is 23.3. The van der Waals surface area contributed by atoms with E-state index in [1.54, 1.807) is 31.3 Å². The Morgan fingerprint density at radius 3 is 2.50 bits per heavy atom. The molecule has 0 fully saturated rings. The monoisotopic (exact) mass is 690 g/mol. The maximum atomic E-state index is 11.2. The largest absolute Gasteiger partial charge is 0.492 e. The third kappa shape index (κ3) is 10.4. The van der Waals surface area contributed by atoms with Crippen LogP contribution in [0, 0.1) is 18.3 Å². The Hall–Kier alpha value is -4.17. The molecule has 0 aliphatic heterocycles. The van der Waals surface area contributed by atoms with Crippen molar-refractivity contribution in [1.82, 2.24) is 15.6 Å². The smallest absolute Gasteiger partial charge is 0.142 e. The van der Waals surface area contributed by atoms with Gasteiger partial charge in [-0.2, -0.15) is 5.26 Å². The van der Waals surface area contributed by atoms with Crippen LogP contribution in [0.1, 0.15) is 47.6 Å². The normalized spacial score (nSPS) is 11.5. The van der Waals surface area contributed by atoms with Gasteiger partial charge in [0.1, 0.15) is 42.8 Å². The van der Waals surface area contributed by atoms with Gasteiger partial charge in [-0.25, -0.2) is 0 Å². The summed E-state index contributed by atoms with van der Waals surface area (Å²) >= 11 is 13.5. The second-order valence-corrected chi connectivity index (χ2v) is 12.0. The molecule has 3 aromatic carbocycles. The highest BCUT2D eigenvalue weighted by Crippen LogP contribution is 2.38. The fourth-order valence-corrected chi connectivity index (χ4v) is 5.42. The van der Waals surface area contributed by atoms with Crippen LogP contribution in [-0.4, -0.2) is 48.7 Å². The number of carbonyl (C=O) groups excluding carboxylic acids is 1. The molecule has 11 heteroatoms. The third-order valence-corrected chi connectivity index (χ3v) is 8.29. The Balaban J connectivity index is 1.49. The van der Waals surface area contributed by atoms with Gasteiger partial charge in [-0.1, -0.05) is 53.5 Å². The van der Waals surface area contributed by atoms with Gasteiger partial charge in [0.15, 0.2) is 0 Å². The number of ether oxygens (including phenoxy) is 3. The summed E-state index contributed by atoms with van der Waals surface area (Å²) in [5.41, 5.74) is 5.70. The van der Waals surface area contributed by atoms with E-state index in [4.69, 9.17) is 42.5 Å². The molecule has 0 aliphatic rings. The van der Waals surface area contributed by atoms with Gasteiger partial charge >= 0.3 is 0 Å². The molecule has 9 nitrogen and oxygen atoms in total. The summed E-state index contributed by atoms with van der Waals surface area (Å²) in [6.45, 7) is 6.81. The van der Waals surface area contributed by atoms with Gasteiger partial charge in [0, 0.05) is 48.3 Å². The van der Waals surface area contributed by atoms with E-state index in [9.17, 15) is 10.1 Å².